The highest BCUT2D eigenvalue weighted by molar-refractivity contribution is 9.10. The van der Waals surface area contributed by atoms with Gasteiger partial charge in [0.25, 0.3) is 0 Å². The van der Waals surface area contributed by atoms with Gasteiger partial charge in [-0.3, -0.25) is 0 Å². The third kappa shape index (κ3) is 2.27. The Balaban J connectivity index is 2.14. The van der Waals surface area contributed by atoms with Crippen LogP contribution in [0.1, 0.15) is 43.8 Å². The number of halogens is 1. The van der Waals surface area contributed by atoms with Crippen molar-refractivity contribution in [2.24, 2.45) is 0 Å². The first-order valence-corrected chi connectivity index (χ1v) is 5.64. The summed E-state index contributed by atoms with van der Waals surface area (Å²) in [5, 5.41) is 0. The highest BCUT2D eigenvalue weighted by atomic mass is 79.9. The summed E-state index contributed by atoms with van der Waals surface area (Å²) in [4.78, 5) is 8.72. The standard InChI is InChI=1S/C10H13BrN2/c11-9-6-7-12-10(13-9)8-4-2-1-3-5-8/h6-8H,1-5H2. The summed E-state index contributed by atoms with van der Waals surface area (Å²) in [5.74, 6) is 1.63. The van der Waals surface area contributed by atoms with Crippen molar-refractivity contribution in [2.75, 3.05) is 0 Å². The molecule has 3 heteroatoms. The summed E-state index contributed by atoms with van der Waals surface area (Å²) >= 11 is 3.38. The van der Waals surface area contributed by atoms with Crippen LogP contribution in [-0.4, -0.2) is 9.97 Å². The minimum atomic E-state index is 0.603. The van der Waals surface area contributed by atoms with Gasteiger partial charge in [0, 0.05) is 12.1 Å². The van der Waals surface area contributed by atoms with Crippen LogP contribution < -0.4 is 0 Å². The summed E-state index contributed by atoms with van der Waals surface area (Å²) in [6.07, 6.45) is 8.40. The van der Waals surface area contributed by atoms with E-state index < -0.39 is 0 Å². The van der Waals surface area contributed by atoms with Crippen molar-refractivity contribution in [1.29, 1.82) is 0 Å². The summed E-state index contributed by atoms with van der Waals surface area (Å²) in [6, 6.07) is 1.88. The van der Waals surface area contributed by atoms with E-state index in [2.05, 4.69) is 25.9 Å². The van der Waals surface area contributed by atoms with Crippen LogP contribution >= 0.6 is 15.9 Å². The summed E-state index contributed by atoms with van der Waals surface area (Å²) in [6.45, 7) is 0. The average Bonchev–Trinajstić information content (AvgIpc) is 2.19. The predicted octanol–water partition coefficient (Wildman–Crippen LogP) is 3.29. The first-order chi connectivity index (χ1) is 6.36. The molecule has 1 aromatic heterocycles. The zero-order valence-corrected chi connectivity index (χ0v) is 9.13. The van der Waals surface area contributed by atoms with Crippen LogP contribution in [0.15, 0.2) is 16.9 Å². The minimum Gasteiger partial charge on any atom is -0.241 e. The molecule has 0 spiro atoms. The lowest BCUT2D eigenvalue weighted by molar-refractivity contribution is 0.428. The molecule has 0 N–H and O–H groups in total. The molecule has 0 saturated heterocycles. The Labute approximate surface area is 86.9 Å². The molecule has 0 atom stereocenters. The lowest BCUT2D eigenvalue weighted by Gasteiger charge is -2.19. The maximum atomic E-state index is 4.40. The molecule has 1 heterocycles. The molecular formula is C10H13BrN2. The van der Waals surface area contributed by atoms with Crippen molar-refractivity contribution >= 4 is 15.9 Å². The van der Waals surface area contributed by atoms with E-state index in [1.807, 2.05) is 12.3 Å². The molecule has 1 aliphatic carbocycles. The van der Waals surface area contributed by atoms with Crippen LogP contribution in [0.3, 0.4) is 0 Å². The van der Waals surface area contributed by atoms with Crippen LogP contribution in [-0.2, 0) is 0 Å². The van der Waals surface area contributed by atoms with Gasteiger partial charge < -0.3 is 0 Å². The zero-order valence-electron chi connectivity index (χ0n) is 7.54. The first kappa shape index (κ1) is 9.13. The molecule has 1 aliphatic rings. The molecule has 70 valence electrons. The molecule has 0 aliphatic heterocycles. The van der Waals surface area contributed by atoms with Gasteiger partial charge in [0.2, 0.25) is 0 Å². The Kier molecular flexibility index (Phi) is 2.94. The summed E-state index contributed by atoms with van der Waals surface area (Å²) in [5.41, 5.74) is 0. The highest BCUT2D eigenvalue weighted by Gasteiger charge is 2.17. The lowest BCUT2D eigenvalue weighted by Crippen LogP contribution is -2.08. The monoisotopic (exact) mass is 240 g/mol. The molecular weight excluding hydrogens is 228 g/mol. The van der Waals surface area contributed by atoms with E-state index in [4.69, 9.17) is 0 Å². The summed E-state index contributed by atoms with van der Waals surface area (Å²) < 4.78 is 0.906. The summed E-state index contributed by atoms with van der Waals surface area (Å²) in [7, 11) is 0. The van der Waals surface area contributed by atoms with Crippen LogP contribution in [0.5, 0.6) is 0 Å². The molecule has 0 bridgehead atoms. The third-order valence-electron chi connectivity index (χ3n) is 2.61. The molecule has 2 nitrogen and oxygen atoms in total. The molecule has 2 rings (SSSR count). The Bertz CT molecular complexity index is 282. The fourth-order valence-corrected chi connectivity index (χ4v) is 2.21. The third-order valence-corrected chi connectivity index (χ3v) is 3.05. The number of hydrogen-bond acceptors (Lipinski definition) is 2. The molecule has 0 radical (unpaired) electrons. The fraction of sp³-hybridized carbons (Fsp3) is 0.600. The van der Waals surface area contributed by atoms with Crippen LogP contribution in [0.4, 0.5) is 0 Å². The number of rotatable bonds is 1. The van der Waals surface area contributed by atoms with Gasteiger partial charge >= 0.3 is 0 Å². The number of aromatic nitrogens is 2. The van der Waals surface area contributed by atoms with Crippen LogP contribution in [0.2, 0.25) is 0 Å². The van der Waals surface area contributed by atoms with E-state index in [1.54, 1.807) is 0 Å². The second-order valence-electron chi connectivity index (χ2n) is 3.57. The Morgan fingerprint density at radius 1 is 1.23 bits per heavy atom. The van der Waals surface area contributed by atoms with Gasteiger partial charge in [0.1, 0.15) is 10.4 Å². The van der Waals surface area contributed by atoms with Crippen molar-refractivity contribution in [3.8, 4) is 0 Å². The van der Waals surface area contributed by atoms with Gasteiger partial charge in [-0.1, -0.05) is 19.3 Å². The topological polar surface area (TPSA) is 25.8 Å². The largest absolute Gasteiger partial charge is 0.241 e. The van der Waals surface area contributed by atoms with Crippen molar-refractivity contribution in [3.05, 3.63) is 22.7 Å². The van der Waals surface area contributed by atoms with Crippen LogP contribution in [0, 0.1) is 0 Å². The Morgan fingerprint density at radius 3 is 2.69 bits per heavy atom. The molecule has 13 heavy (non-hydrogen) atoms. The highest BCUT2D eigenvalue weighted by Crippen LogP contribution is 2.30. The van der Waals surface area contributed by atoms with E-state index in [0.717, 1.165) is 10.4 Å². The first-order valence-electron chi connectivity index (χ1n) is 4.85. The molecule has 1 saturated carbocycles. The SMILES string of the molecule is Brc1ccnc(C2CCCCC2)n1. The fourth-order valence-electron chi connectivity index (χ4n) is 1.91. The number of nitrogens with zero attached hydrogens (tertiary/aromatic N) is 2. The van der Waals surface area contributed by atoms with Gasteiger partial charge in [-0.25, -0.2) is 9.97 Å². The normalized spacial score (nSPS) is 18.8. The van der Waals surface area contributed by atoms with E-state index >= 15 is 0 Å². The van der Waals surface area contributed by atoms with Crippen molar-refractivity contribution in [3.63, 3.8) is 0 Å². The van der Waals surface area contributed by atoms with Gasteiger partial charge in [-0.2, -0.15) is 0 Å². The van der Waals surface area contributed by atoms with Crippen molar-refractivity contribution in [2.45, 2.75) is 38.0 Å². The average molecular weight is 241 g/mol. The quantitative estimate of drug-likeness (QED) is 0.705. The van der Waals surface area contributed by atoms with Crippen molar-refractivity contribution < 1.29 is 0 Å². The zero-order chi connectivity index (χ0) is 9.10. The molecule has 0 amide bonds. The Hall–Kier alpha value is -0.440. The smallest absolute Gasteiger partial charge is 0.132 e. The van der Waals surface area contributed by atoms with Gasteiger partial charge in [0.15, 0.2) is 0 Å². The lowest BCUT2D eigenvalue weighted by atomic mass is 9.89. The maximum absolute atomic E-state index is 4.40. The van der Waals surface area contributed by atoms with Crippen molar-refractivity contribution in [1.82, 2.24) is 9.97 Å². The second kappa shape index (κ2) is 4.18. The molecule has 0 aromatic carbocycles. The van der Waals surface area contributed by atoms with Gasteiger partial charge in [-0.15, -0.1) is 0 Å². The van der Waals surface area contributed by atoms with Gasteiger partial charge in [-0.05, 0) is 34.8 Å². The molecule has 0 unspecified atom stereocenters. The maximum Gasteiger partial charge on any atom is 0.132 e. The Morgan fingerprint density at radius 2 is 2.00 bits per heavy atom. The minimum absolute atomic E-state index is 0.603. The molecule has 1 aromatic rings. The van der Waals surface area contributed by atoms with E-state index in [-0.39, 0.29) is 0 Å². The second-order valence-corrected chi connectivity index (χ2v) is 4.38. The van der Waals surface area contributed by atoms with E-state index in [9.17, 15) is 0 Å². The van der Waals surface area contributed by atoms with Crippen LogP contribution in [0.25, 0.3) is 0 Å². The predicted molar refractivity (Wildman–Crippen MR) is 55.6 cm³/mol. The van der Waals surface area contributed by atoms with E-state index in [1.165, 1.54) is 32.1 Å². The van der Waals surface area contributed by atoms with E-state index in [0.29, 0.717) is 5.92 Å². The van der Waals surface area contributed by atoms with Gasteiger partial charge in [0.05, 0.1) is 0 Å². The molecule has 1 fully saturated rings. The number of hydrogen-bond donors (Lipinski definition) is 0.